The molecule has 5 heteroatoms. The van der Waals surface area contributed by atoms with Crippen molar-refractivity contribution in [1.82, 2.24) is 9.13 Å². The van der Waals surface area contributed by atoms with Crippen LogP contribution in [0.4, 0.5) is 34.1 Å². The van der Waals surface area contributed by atoms with Crippen molar-refractivity contribution in [3.05, 3.63) is 305 Å². The average Bonchev–Trinajstić information content (AvgIpc) is 0.806. The predicted octanol–water partition coefficient (Wildman–Crippen LogP) is 31.8. The van der Waals surface area contributed by atoms with E-state index in [1.165, 1.54) is 0 Å². The highest BCUT2D eigenvalue weighted by molar-refractivity contribution is 7.00. The number of aromatic nitrogens is 2. The molecular weight excluding hydrogens is 1500 g/mol. The van der Waals surface area contributed by atoms with Crippen LogP contribution in [0.5, 0.6) is 0 Å². The molecule has 0 saturated carbocycles. The Morgan fingerprint density at radius 3 is 0.895 bits per heavy atom. The molecule has 0 saturated heterocycles. The Morgan fingerprint density at radius 2 is 0.589 bits per heavy atom. The molecule has 0 bridgehead atoms. The van der Waals surface area contributed by atoms with Crippen molar-refractivity contribution in [3.63, 3.8) is 0 Å². The summed E-state index contributed by atoms with van der Waals surface area (Å²) in [5.74, 6) is 0. The molecule has 0 N–H and O–H groups in total. The second-order valence-corrected chi connectivity index (χ2v) is 45.1. The Balaban J connectivity index is 1.15. The van der Waals surface area contributed by atoms with E-state index in [1.807, 2.05) is 83.6 Å². The molecule has 2 aliphatic heterocycles. The van der Waals surface area contributed by atoms with Crippen molar-refractivity contribution >= 4 is 101 Å². The zero-order chi connectivity index (χ0) is 101. The van der Waals surface area contributed by atoms with Gasteiger partial charge in [0.25, 0.3) is 6.71 Å². The summed E-state index contributed by atoms with van der Waals surface area (Å²) in [6.07, 6.45) is -4.63. The first kappa shape index (κ1) is 69.4. The van der Waals surface area contributed by atoms with E-state index in [-0.39, 0.29) is 78.5 Å². The van der Waals surface area contributed by atoms with E-state index in [2.05, 4.69) is 304 Å². The number of anilines is 6. The van der Waals surface area contributed by atoms with Gasteiger partial charge in [-0.1, -0.05) is 345 Å². The Bertz CT molecular complexity index is 6960. The average molecular weight is 1640 g/mol. The van der Waals surface area contributed by atoms with Gasteiger partial charge in [0.2, 0.25) is 0 Å². The first-order valence-electron chi connectivity index (χ1n) is 51.7. The van der Waals surface area contributed by atoms with Crippen LogP contribution < -0.4 is 26.2 Å². The molecule has 2 aromatic heterocycles. The van der Waals surface area contributed by atoms with E-state index in [0.717, 1.165) is 106 Å². The lowest BCUT2D eigenvalue weighted by Gasteiger charge is -2.46. The van der Waals surface area contributed by atoms with Crippen LogP contribution in [0.15, 0.2) is 255 Å². The smallest absolute Gasteiger partial charge is 0.252 e. The molecule has 124 heavy (non-hydrogen) atoms. The van der Waals surface area contributed by atoms with Gasteiger partial charge in [-0.05, 0) is 266 Å². The SMILES string of the molecule is [2H]c1c([2H])c([2H])c2c(c1[2H])c1cc(C([2H])([2H])C(C)(C)C)ccc1n2-c1ccc2c(c1)N(c1c(-c3cccc(C(C)(C)C)c3)cc(CC(C)(C)C)cc1-c1cccc(C(C)(C)C)c1)c1cc(C([2H])([2H])C(C)(C)C)cc3c1B2c1ccc(-n2c4ccc(C([2H])([2H])C(C)(C)C)cc4c4c([2H])c([2H])c([2H])c([2H])c42)cc1N3c1c(-c2cccc(C(C)(C)C)c2)cc(CC(C)(C)C)cc1-c1cccc(C(C)(C)C)c1. The third-order valence-electron chi connectivity index (χ3n) is 24.3. The van der Waals surface area contributed by atoms with E-state index in [9.17, 15) is 19.2 Å². The number of para-hydroxylation sites is 2. The second kappa shape index (κ2) is 30.5. The lowest BCUT2D eigenvalue weighted by atomic mass is 9.33. The zero-order valence-corrected chi connectivity index (χ0v) is 78.4. The monoisotopic (exact) mass is 1640 g/mol. The fourth-order valence-electron chi connectivity index (χ4n) is 19.0. The third kappa shape index (κ3) is 16.7. The largest absolute Gasteiger partial charge is 0.310 e. The summed E-state index contributed by atoms with van der Waals surface area (Å²) >= 11 is 0. The van der Waals surface area contributed by atoms with E-state index >= 15 is 0 Å². The number of fused-ring (bicyclic) bond motifs is 10. The van der Waals surface area contributed by atoms with Crippen molar-refractivity contribution in [2.45, 2.75) is 241 Å². The van der Waals surface area contributed by atoms with Gasteiger partial charge in [0.1, 0.15) is 0 Å². The van der Waals surface area contributed by atoms with Crippen LogP contribution in [0.25, 0.3) is 99.5 Å². The lowest BCUT2D eigenvalue weighted by Crippen LogP contribution is -2.61. The summed E-state index contributed by atoms with van der Waals surface area (Å²) in [5, 5.41) is 1.36. The molecular formula is C119H133BN4. The fourth-order valence-corrected chi connectivity index (χ4v) is 19.0. The van der Waals surface area contributed by atoms with Crippen LogP contribution in [-0.2, 0) is 53.6 Å². The molecule has 0 atom stereocenters. The maximum absolute atomic E-state index is 11.3. The minimum atomic E-state index is -2.16. The molecule has 0 fully saturated rings. The fraction of sp³-hybridized carbons (Fsp3) is 0.345. The highest BCUT2D eigenvalue weighted by Crippen LogP contribution is 2.56. The molecule has 15 aromatic rings. The number of rotatable bonds is 13. The minimum Gasteiger partial charge on any atom is -0.310 e. The predicted molar refractivity (Wildman–Crippen MR) is 541 cm³/mol. The van der Waals surface area contributed by atoms with Gasteiger partial charge in [-0.15, -0.1) is 0 Å². The first-order chi connectivity index (χ1) is 63.7. The molecule has 13 aromatic carbocycles. The summed E-state index contributed by atoms with van der Waals surface area (Å²) in [5.41, 5.74) is 19.6. The topological polar surface area (TPSA) is 16.3 Å². The summed E-state index contributed by atoms with van der Waals surface area (Å²) in [6.45, 7) is 56.8. The summed E-state index contributed by atoms with van der Waals surface area (Å²) < 4.78 is 144. The van der Waals surface area contributed by atoms with E-state index in [1.54, 1.807) is 24.3 Å². The van der Waals surface area contributed by atoms with Gasteiger partial charge < -0.3 is 18.9 Å². The quantitative estimate of drug-likeness (QED) is 0.107. The molecule has 0 spiro atoms. The molecule has 0 aliphatic carbocycles. The maximum atomic E-state index is 11.3. The van der Waals surface area contributed by atoms with Crippen LogP contribution in [0.1, 0.15) is 256 Å². The van der Waals surface area contributed by atoms with Crippen molar-refractivity contribution in [3.8, 4) is 55.9 Å². The van der Waals surface area contributed by atoms with Gasteiger partial charge in [-0.25, -0.2) is 0 Å². The number of nitrogens with zero attached hydrogens (tertiary/aromatic N) is 4. The summed E-state index contributed by atoms with van der Waals surface area (Å²) in [6, 6.07) is 70.3. The minimum absolute atomic E-state index is 0.201. The Morgan fingerprint density at radius 1 is 0.274 bits per heavy atom. The van der Waals surface area contributed by atoms with Crippen LogP contribution >= 0.6 is 0 Å². The van der Waals surface area contributed by atoms with E-state index in [0.29, 0.717) is 85.5 Å². The Hall–Kier alpha value is -10.9. The highest BCUT2D eigenvalue weighted by atomic mass is 15.2. The highest BCUT2D eigenvalue weighted by Gasteiger charge is 2.47. The van der Waals surface area contributed by atoms with Crippen molar-refractivity contribution in [2.75, 3.05) is 9.80 Å². The number of benzene rings is 13. The van der Waals surface area contributed by atoms with E-state index in [4.69, 9.17) is 0 Å². The van der Waals surface area contributed by atoms with Gasteiger partial charge in [-0.2, -0.15) is 0 Å². The Kier molecular flexibility index (Phi) is 17.1. The standard InChI is InChI=1S/C119H133BN4/c1-111(2,3)70-75-48-54-102-96(56-75)90-44-28-30-46-100(90)121(102)88-50-52-98-104(68-88)123(109-92(80-36-32-40-84(64-80)116(16,17)18)58-77(72-113(7,8)9)59-93(109)81-37-33-41-85(65-81)117(19,20)21)106-62-79(74-115(13,14)15)63-107-108(106)120(98)99-53-51-89(122-101-47-31-29-45-91(101)97-57-76(49-55-103(97)122)71-112(4,5)6)69-105(99)124(107)110-94(82-38-34-42-86(66-82)118(22,23)24)60-78(73-114(10,11)12)61-95(110)83-39-35-43-87(67-83)119(25,26)27/h28-69H,70-74H2,1-27H3/i28D,29D,30D,31D,44D,45D,46D,47D,70D2,71D2,74D2. The van der Waals surface area contributed by atoms with E-state index < -0.39 is 66.2 Å². The lowest BCUT2D eigenvalue weighted by molar-refractivity contribution is 0.411. The third-order valence-corrected chi connectivity index (χ3v) is 24.3. The molecule has 0 unspecified atom stereocenters. The first-order valence-corrected chi connectivity index (χ1v) is 44.7. The van der Waals surface area contributed by atoms with Gasteiger partial charge in [0, 0.05) is 86.1 Å². The van der Waals surface area contributed by atoms with Crippen LogP contribution in [0, 0.1) is 27.1 Å². The van der Waals surface area contributed by atoms with Gasteiger partial charge in [0.15, 0.2) is 0 Å². The zero-order valence-electron chi connectivity index (χ0n) is 92.4. The molecule has 0 amide bonds. The van der Waals surface area contributed by atoms with Crippen molar-refractivity contribution in [2.24, 2.45) is 27.1 Å². The van der Waals surface area contributed by atoms with Crippen LogP contribution in [0.3, 0.4) is 0 Å². The van der Waals surface area contributed by atoms with Crippen molar-refractivity contribution in [1.29, 1.82) is 0 Å². The molecule has 17 rings (SSSR count). The molecule has 0 radical (unpaired) electrons. The second-order valence-electron chi connectivity index (χ2n) is 45.1. The summed E-state index contributed by atoms with van der Waals surface area (Å²) in [7, 11) is 0. The summed E-state index contributed by atoms with van der Waals surface area (Å²) in [4.78, 5) is 4.84. The van der Waals surface area contributed by atoms with Crippen molar-refractivity contribution < 1.29 is 19.2 Å². The van der Waals surface area contributed by atoms with Crippen LogP contribution in [-0.4, -0.2) is 15.8 Å². The molecule has 632 valence electrons. The number of hydrogen-bond donors (Lipinski definition) is 0. The van der Waals surface area contributed by atoms with Crippen LogP contribution in [0.2, 0.25) is 0 Å². The molecule has 4 heterocycles. The Labute approximate surface area is 763 Å². The molecule has 4 nitrogen and oxygen atoms in total. The normalized spacial score (nSPS) is 15.7. The number of hydrogen-bond acceptors (Lipinski definition) is 2. The molecule has 2 aliphatic rings. The maximum Gasteiger partial charge on any atom is 0.252 e. The van der Waals surface area contributed by atoms with Gasteiger partial charge >= 0.3 is 0 Å². The van der Waals surface area contributed by atoms with Gasteiger partial charge in [0.05, 0.1) is 44.4 Å². The van der Waals surface area contributed by atoms with Gasteiger partial charge in [-0.3, -0.25) is 0 Å².